The number of anilines is 3. The molecule has 4 rings (SSSR count). The number of nitrogens with one attached hydrogen (secondary N) is 1. The molecule has 0 bridgehead atoms. The van der Waals surface area contributed by atoms with Crippen LogP contribution in [0.3, 0.4) is 0 Å². The van der Waals surface area contributed by atoms with Gasteiger partial charge >= 0.3 is 5.97 Å². The average molecular weight is 418 g/mol. The fourth-order valence-corrected chi connectivity index (χ4v) is 4.15. The van der Waals surface area contributed by atoms with E-state index >= 15 is 0 Å². The number of fused-ring (bicyclic) bond motifs is 1. The van der Waals surface area contributed by atoms with Gasteiger partial charge in [-0.05, 0) is 73.4 Å². The number of carbonyl (C=O) groups is 1. The van der Waals surface area contributed by atoms with E-state index in [9.17, 15) is 9.90 Å². The lowest BCUT2D eigenvalue weighted by Gasteiger charge is -2.21. The maximum atomic E-state index is 11.4. The monoisotopic (exact) mass is 417 g/mol. The fourth-order valence-electron chi connectivity index (χ4n) is 4.15. The molecule has 0 saturated carbocycles. The minimum atomic E-state index is -0.946. The maximum Gasteiger partial charge on any atom is 0.337 e. The van der Waals surface area contributed by atoms with E-state index < -0.39 is 5.97 Å². The first-order valence-electron chi connectivity index (χ1n) is 10.6. The molecule has 3 aromatic rings. The number of hydrogen-bond acceptors (Lipinski definition) is 5. The SMILES string of the molecule is CCOc1ccc(N(C)c2ccc3c(c2)CC[C@H]3CNc2cnccc2C(=O)O)cc1. The van der Waals surface area contributed by atoms with Crippen molar-refractivity contribution in [2.24, 2.45) is 0 Å². The van der Waals surface area contributed by atoms with Crippen LogP contribution in [0.15, 0.2) is 60.9 Å². The number of hydrogen-bond donors (Lipinski definition) is 2. The number of carboxylic acids is 1. The summed E-state index contributed by atoms with van der Waals surface area (Å²) < 4.78 is 5.53. The highest BCUT2D eigenvalue weighted by atomic mass is 16.5. The molecule has 0 aliphatic heterocycles. The first kappa shape index (κ1) is 20.7. The van der Waals surface area contributed by atoms with Crippen LogP contribution in [-0.4, -0.2) is 36.3 Å². The van der Waals surface area contributed by atoms with Gasteiger partial charge in [0.15, 0.2) is 0 Å². The van der Waals surface area contributed by atoms with Crippen LogP contribution in [0.5, 0.6) is 5.75 Å². The molecule has 0 saturated heterocycles. The van der Waals surface area contributed by atoms with Gasteiger partial charge in [-0.25, -0.2) is 4.79 Å². The smallest absolute Gasteiger partial charge is 0.337 e. The highest BCUT2D eigenvalue weighted by Crippen LogP contribution is 2.37. The number of nitrogens with zero attached hydrogens (tertiary/aromatic N) is 2. The third kappa shape index (κ3) is 4.48. The largest absolute Gasteiger partial charge is 0.494 e. The highest BCUT2D eigenvalue weighted by molar-refractivity contribution is 5.93. The lowest BCUT2D eigenvalue weighted by Crippen LogP contribution is -2.13. The van der Waals surface area contributed by atoms with E-state index in [4.69, 9.17) is 4.74 Å². The van der Waals surface area contributed by atoms with Gasteiger partial charge < -0.3 is 20.1 Å². The van der Waals surface area contributed by atoms with Crippen LogP contribution in [0.1, 0.15) is 40.7 Å². The van der Waals surface area contributed by atoms with Crippen molar-refractivity contribution in [3.05, 3.63) is 77.6 Å². The minimum Gasteiger partial charge on any atom is -0.494 e. The molecule has 0 spiro atoms. The van der Waals surface area contributed by atoms with E-state index in [1.807, 2.05) is 19.1 Å². The van der Waals surface area contributed by atoms with Gasteiger partial charge in [0, 0.05) is 37.1 Å². The molecule has 0 radical (unpaired) electrons. The predicted molar refractivity (Wildman–Crippen MR) is 123 cm³/mol. The Kier molecular flexibility index (Phi) is 6.07. The van der Waals surface area contributed by atoms with Gasteiger partial charge in [-0.1, -0.05) is 6.07 Å². The Morgan fingerprint density at radius 1 is 1.19 bits per heavy atom. The zero-order valence-electron chi connectivity index (χ0n) is 17.8. The Morgan fingerprint density at radius 2 is 1.97 bits per heavy atom. The first-order chi connectivity index (χ1) is 15.1. The molecule has 1 aliphatic rings. The van der Waals surface area contributed by atoms with Crippen LogP contribution >= 0.6 is 0 Å². The van der Waals surface area contributed by atoms with Gasteiger partial charge in [-0.15, -0.1) is 0 Å². The topological polar surface area (TPSA) is 74.7 Å². The van der Waals surface area contributed by atoms with Crippen LogP contribution < -0.4 is 15.0 Å². The quantitative estimate of drug-likeness (QED) is 0.532. The Balaban J connectivity index is 1.46. The van der Waals surface area contributed by atoms with E-state index in [1.54, 1.807) is 6.20 Å². The number of rotatable bonds is 8. The van der Waals surface area contributed by atoms with Crippen LogP contribution in [-0.2, 0) is 6.42 Å². The molecule has 6 heteroatoms. The Bertz CT molecular complexity index is 1070. The molecular weight excluding hydrogens is 390 g/mol. The Hall–Kier alpha value is -3.54. The number of carboxylic acid groups (broad SMARTS) is 1. The molecule has 0 fully saturated rings. The summed E-state index contributed by atoms with van der Waals surface area (Å²) in [5, 5.41) is 12.6. The molecular formula is C25H27N3O3. The molecule has 2 N–H and O–H groups in total. The normalized spacial score (nSPS) is 14.7. The zero-order chi connectivity index (χ0) is 21.8. The predicted octanol–water partition coefficient (Wildman–Crippen LogP) is 5.09. The Labute approximate surface area is 182 Å². The van der Waals surface area contributed by atoms with Gasteiger partial charge in [0.25, 0.3) is 0 Å². The van der Waals surface area contributed by atoms with Crippen molar-refractivity contribution in [3.8, 4) is 5.75 Å². The summed E-state index contributed by atoms with van der Waals surface area (Å²) >= 11 is 0. The van der Waals surface area contributed by atoms with Crippen molar-refractivity contribution in [2.45, 2.75) is 25.7 Å². The third-order valence-corrected chi connectivity index (χ3v) is 5.84. The van der Waals surface area contributed by atoms with Crippen LogP contribution in [0.2, 0.25) is 0 Å². The van der Waals surface area contributed by atoms with Crippen LogP contribution in [0.4, 0.5) is 17.1 Å². The van der Waals surface area contributed by atoms with Gasteiger partial charge in [-0.3, -0.25) is 4.98 Å². The molecule has 1 aromatic heterocycles. The summed E-state index contributed by atoms with van der Waals surface area (Å²) in [5.74, 6) is 0.281. The zero-order valence-corrected chi connectivity index (χ0v) is 17.8. The van der Waals surface area contributed by atoms with Gasteiger partial charge in [0.1, 0.15) is 5.75 Å². The van der Waals surface area contributed by atoms with E-state index in [1.165, 1.54) is 23.4 Å². The van der Waals surface area contributed by atoms with Crippen molar-refractivity contribution in [2.75, 3.05) is 30.4 Å². The second kappa shape index (κ2) is 9.08. The first-order valence-corrected chi connectivity index (χ1v) is 10.6. The molecule has 160 valence electrons. The lowest BCUT2D eigenvalue weighted by molar-refractivity contribution is 0.0697. The molecule has 1 aliphatic carbocycles. The van der Waals surface area contributed by atoms with Gasteiger partial charge in [0.2, 0.25) is 0 Å². The molecule has 1 atom stereocenters. The maximum absolute atomic E-state index is 11.4. The summed E-state index contributed by atoms with van der Waals surface area (Å²) in [6, 6.07) is 16.3. The summed E-state index contributed by atoms with van der Waals surface area (Å²) in [4.78, 5) is 17.6. The molecule has 1 heterocycles. The summed E-state index contributed by atoms with van der Waals surface area (Å²) in [6.07, 6.45) is 5.14. The van der Waals surface area contributed by atoms with E-state index in [0.29, 0.717) is 24.8 Å². The van der Waals surface area contributed by atoms with Gasteiger partial charge in [-0.2, -0.15) is 0 Å². The number of ether oxygens (including phenoxy) is 1. The molecule has 2 aromatic carbocycles. The molecule has 0 unspecified atom stereocenters. The number of aromatic nitrogens is 1. The van der Waals surface area contributed by atoms with Crippen molar-refractivity contribution in [1.29, 1.82) is 0 Å². The third-order valence-electron chi connectivity index (χ3n) is 5.84. The summed E-state index contributed by atoms with van der Waals surface area (Å²) in [6.45, 7) is 3.33. The Morgan fingerprint density at radius 3 is 2.71 bits per heavy atom. The van der Waals surface area contributed by atoms with E-state index in [2.05, 4.69) is 52.6 Å². The van der Waals surface area contributed by atoms with Crippen molar-refractivity contribution >= 4 is 23.0 Å². The van der Waals surface area contributed by atoms with Crippen molar-refractivity contribution in [1.82, 2.24) is 4.98 Å². The van der Waals surface area contributed by atoms with Gasteiger partial charge in [0.05, 0.1) is 24.1 Å². The number of benzene rings is 2. The second-order valence-electron chi connectivity index (χ2n) is 7.71. The molecule has 31 heavy (non-hydrogen) atoms. The highest BCUT2D eigenvalue weighted by Gasteiger charge is 2.23. The van der Waals surface area contributed by atoms with E-state index in [-0.39, 0.29) is 5.56 Å². The van der Waals surface area contributed by atoms with Crippen LogP contribution in [0.25, 0.3) is 0 Å². The molecule has 6 nitrogen and oxygen atoms in total. The summed E-state index contributed by atoms with van der Waals surface area (Å²) in [5.41, 5.74) is 5.76. The second-order valence-corrected chi connectivity index (χ2v) is 7.71. The van der Waals surface area contributed by atoms with Crippen molar-refractivity contribution < 1.29 is 14.6 Å². The number of aryl methyl sites for hydroxylation is 1. The number of aromatic carboxylic acids is 1. The fraction of sp³-hybridized carbons (Fsp3) is 0.280. The molecule has 0 amide bonds. The van der Waals surface area contributed by atoms with Crippen molar-refractivity contribution in [3.63, 3.8) is 0 Å². The van der Waals surface area contributed by atoms with E-state index in [0.717, 1.165) is 30.0 Å². The average Bonchev–Trinajstić information content (AvgIpc) is 3.20. The lowest BCUT2D eigenvalue weighted by atomic mass is 10.0. The summed E-state index contributed by atoms with van der Waals surface area (Å²) in [7, 11) is 2.07. The number of pyridine rings is 1. The van der Waals surface area contributed by atoms with Crippen LogP contribution in [0, 0.1) is 0 Å². The standard InChI is InChI=1S/C25H27N3O3/c1-3-31-21-9-6-19(7-10-21)28(2)20-8-11-22-17(14-20)4-5-18(22)15-27-24-16-26-13-12-23(24)25(29)30/h6-14,16,18,27H,3-5,15H2,1-2H3,(H,29,30)/t18-/m0/s1. The minimum absolute atomic E-state index is 0.251.